The quantitative estimate of drug-likeness (QED) is 0.591. The monoisotopic (exact) mass is 211 g/mol. The van der Waals surface area contributed by atoms with Gasteiger partial charge in [0.15, 0.2) is 0 Å². The van der Waals surface area contributed by atoms with E-state index in [0.717, 1.165) is 6.42 Å². The standard InChI is InChI=1S/C14H29N/c1-5-9-12(10-6-2)13(11-7-3)14(15)8-4/h14H,5-11,15H2,1-4H3. The molecule has 0 fully saturated rings. The van der Waals surface area contributed by atoms with Crippen molar-refractivity contribution < 1.29 is 0 Å². The molecule has 1 unspecified atom stereocenters. The van der Waals surface area contributed by atoms with Crippen LogP contribution in [0.5, 0.6) is 0 Å². The average molecular weight is 211 g/mol. The molecule has 2 N–H and O–H groups in total. The van der Waals surface area contributed by atoms with Crippen LogP contribution in [-0.2, 0) is 0 Å². The molecule has 0 aromatic heterocycles. The van der Waals surface area contributed by atoms with Crippen LogP contribution >= 0.6 is 0 Å². The third-order valence-electron chi connectivity index (χ3n) is 2.96. The molecule has 0 rings (SSSR count). The van der Waals surface area contributed by atoms with Gasteiger partial charge in [-0.05, 0) is 25.7 Å². The van der Waals surface area contributed by atoms with Gasteiger partial charge in [-0.25, -0.2) is 0 Å². The number of nitrogens with two attached hydrogens (primary N) is 1. The van der Waals surface area contributed by atoms with Crippen LogP contribution < -0.4 is 5.73 Å². The van der Waals surface area contributed by atoms with E-state index in [1.54, 1.807) is 11.1 Å². The summed E-state index contributed by atoms with van der Waals surface area (Å²) in [5.74, 6) is 0. The van der Waals surface area contributed by atoms with Gasteiger partial charge in [-0.1, -0.05) is 58.1 Å². The minimum absolute atomic E-state index is 0.304. The smallest absolute Gasteiger partial charge is 0.0253 e. The second kappa shape index (κ2) is 8.96. The Morgan fingerprint density at radius 3 is 1.67 bits per heavy atom. The van der Waals surface area contributed by atoms with Gasteiger partial charge in [0.1, 0.15) is 0 Å². The van der Waals surface area contributed by atoms with Crippen LogP contribution in [0.1, 0.15) is 72.6 Å². The highest BCUT2D eigenvalue weighted by Crippen LogP contribution is 2.23. The van der Waals surface area contributed by atoms with Crippen molar-refractivity contribution in [2.45, 2.75) is 78.7 Å². The first-order valence-electron chi connectivity index (χ1n) is 6.67. The number of hydrogen-bond acceptors (Lipinski definition) is 1. The van der Waals surface area contributed by atoms with Crippen molar-refractivity contribution in [3.8, 4) is 0 Å². The highest BCUT2D eigenvalue weighted by atomic mass is 14.6. The fourth-order valence-corrected chi connectivity index (χ4v) is 2.19. The predicted molar refractivity (Wildman–Crippen MR) is 70.0 cm³/mol. The zero-order valence-corrected chi connectivity index (χ0v) is 11.1. The first kappa shape index (κ1) is 14.7. The Bertz CT molecular complexity index is 174. The number of rotatable bonds is 8. The molecule has 15 heavy (non-hydrogen) atoms. The molecular formula is C14H29N. The molecule has 0 aromatic carbocycles. The molecule has 1 nitrogen and oxygen atoms in total. The van der Waals surface area contributed by atoms with Gasteiger partial charge in [-0.3, -0.25) is 0 Å². The van der Waals surface area contributed by atoms with E-state index in [1.165, 1.54) is 38.5 Å². The van der Waals surface area contributed by atoms with E-state index in [0.29, 0.717) is 6.04 Å². The van der Waals surface area contributed by atoms with Crippen LogP contribution in [0.2, 0.25) is 0 Å². The zero-order valence-electron chi connectivity index (χ0n) is 11.1. The van der Waals surface area contributed by atoms with E-state index in [4.69, 9.17) is 5.73 Å². The maximum Gasteiger partial charge on any atom is 0.0253 e. The minimum atomic E-state index is 0.304. The van der Waals surface area contributed by atoms with Gasteiger partial charge >= 0.3 is 0 Å². The van der Waals surface area contributed by atoms with Crippen LogP contribution in [0.4, 0.5) is 0 Å². The minimum Gasteiger partial charge on any atom is -0.324 e. The van der Waals surface area contributed by atoms with Crippen molar-refractivity contribution in [3.05, 3.63) is 11.1 Å². The topological polar surface area (TPSA) is 26.0 Å². The third-order valence-corrected chi connectivity index (χ3v) is 2.96. The first-order chi connectivity index (χ1) is 7.21. The van der Waals surface area contributed by atoms with Crippen molar-refractivity contribution in [2.24, 2.45) is 5.73 Å². The largest absolute Gasteiger partial charge is 0.324 e. The van der Waals surface area contributed by atoms with Gasteiger partial charge < -0.3 is 5.73 Å². The average Bonchev–Trinajstić information content (AvgIpc) is 2.25. The van der Waals surface area contributed by atoms with Crippen molar-refractivity contribution in [2.75, 3.05) is 0 Å². The molecule has 0 aliphatic carbocycles. The normalized spacial score (nSPS) is 12.6. The highest BCUT2D eigenvalue weighted by Gasteiger charge is 2.11. The number of hydrogen-bond donors (Lipinski definition) is 1. The van der Waals surface area contributed by atoms with E-state index in [2.05, 4.69) is 27.7 Å². The molecule has 1 heteroatoms. The van der Waals surface area contributed by atoms with Crippen LogP contribution in [-0.4, -0.2) is 6.04 Å². The Kier molecular flexibility index (Phi) is 8.79. The molecule has 0 saturated carbocycles. The lowest BCUT2D eigenvalue weighted by Crippen LogP contribution is -2.23. The molecule has 0 amide bonds. The van der Waals surface area contributed by atoms with E-state index >= 15 is 0 Å². The lowest BCUT2D eigenvalue weighted by Gasteiger charge is -2.19. The maximum absolute atomic E-state index is 6.21. The van der Waals surface area contributed by atoms with Crippen LogP contribution in [0.25, 0.3) is 0 Å². The summed E-state index contributed by atoms with van der Waals surface area (Å²) in [6.07, 6.45) is 8.49. The second-order valence-corrected chi connectivity index (χ2v) is 4.39. The fraction of sp³-hybridized carbons (Fsp3) is 0.857. The van der Waals surface area contributed by atoms with Crippen molar-refractivity contribution in [1.82, 2.24) is 0 Å². The van der Waals surface area contributed by atoms with Gasteiger partial charge in [0.2, 0.25) is 0 Å². The van der Waals surface area contributed by atoms with E-state index in [1.807, 2.05) is 0 Å². The van der Waals surface area contributed by atoms with E-state index < -0.39 is 0 Å². The van der Waals surface area contributed by atoms with E-state index in [9.17, 15) is 0 Å². The summed E-state index contributed by atoms with van der Waals surface area (Å²) in [5, 5.41) is 0. The molecule has 0 aliphatic rings. The van der Waals surface area contributed by atoms with Crippen LogP contribution in [0.15, 0.2) is 11.1 Å². The Labute approximate surface area is 96.1 Å². The van der Waals surface area contributed by atoms with Crippen LogP contribution in [0, 0.1) is 0 Å². The Morgan fingerprint density at radius 1 is 0.867 bits per heavy atom. The molecule has 0 spiro atoms. The molecule has 0 aliphatic heterocycles. The van der Waals surface area contributed by atoms with Gasteiger partial charge in [0.05, 0.1) is 0 Å². The molecule has 0 bridgehead atoms. The van der Waals surface area contributed by atoms with Crippen LogP contribution in [0.3, 0.4) is 0 Å². The van der Waals surface area contributed by atoms with Gasteiger partial charge in [0, 0.05) is 6.04 Å². The third kappa shape index (κ3) is 5.36. The molecule has 0 aromatic rings. The predicted octanol–water partition coefficient (Wildman–Crippen LogP) is 4.42. The molecule has 0 saturated heterocycles. The van der Waals surface area contributed by atoms with Crippen molar-refractivity contribution in [3.63, 3.8) is 0 Å². The van der Waals surface area contributed by atoms with Gasteiger partial charge in [0.25, 0.3) is 0 Å². The Balaban J connectivity index is 4.76. The second-order valence-electron chi connectivity index (χ2n) is 4.39. The molecule has 90 valence electrons. The Hall–Kier alpha value is -0.300. The first-order valence-corrected chi connectivity index (χ1v) is 6.67. The zero-order chi connectivity index (χ0) is 11.7. The lowest BCUT2D eigenvalue weighted by atomic mass is 9.90. The molecule has 1 atom stereocenters. The summed E-state index contributed by atoms with van der Waals surface area (Å²) in [6.45, 7) is 8.96. The summed E-state index contributed by atoms with van der Waals surface area (Å²) < 4.78 is 0. The summed E-state index contributed by atoms with van der Waals surface area (Å²) in [6, 6.07) is 0.304. The van der Waals surface area contributed by atoms with Gasteiger partial charge in [-0.15, -0.1) is 0 Å². The summed E-state index contributed by atoms with van der Waals surface area (Å²) >= 11 is 0. The SMILES string of the molecule is CCCC(CCC)=C(CCC)C(N)CC. The Morgan fingerprint density at radius 2 is 1.33 bits per heavy atom. The maximum atomic E-state index is 6.21. The molecule has 0 radical (unpaired) electrons. The summed E-state index contributed by atoms with van der Waals surface area (Å²) in [5.41, 5.74) is 9.42. The number of allylic oxidation sites excluding steroid dienone is 1. The molecular weight excluding hydrogens is 182 g/mol. The highest BCUT2D eigenvalue weighted by molar-refractivity contribution is 5.19. The van der Waals surface area contributed by atoms with Gasteiger partial charge in [-0.2, -0.15) is 0 Å². The summed E-state index contributed by atoms with van der Waals surface area (Å²) in [4.78, 5) is 0. The van der Waals surface area contributed by atoms with Crippen molar-refractivity contribution >= 4 is 0 Å². The van der Waals surface area contributed by atoms with E-state index in [-0.39, 0.29) is 0 Å². The molecule has 0 heterocycles. The van der Waals surface area contributed by atoms with Crippen molar-refractivity contribution in [1.29, 1.82) is 0 Å². The fourth-order valence-electron chi connectivity index (χ4n) is 2.19. The lowest BCUT2D eigenvalue weighted by molar-refractivity contribution is 0.655. The summed E-state index contributed by atoms with van der Waals surface area (Å²) in [7, 11) is 0.